The van der Waals surface area contributed by atoms with Crippen LogP contribution in [-0.2, 0) is 6.54 Å². The molecule has 1 unspecified atom stereocenters. The van der Waals surface area contributed by atoms with E-state index in [1.807, 2.05) is 16.9 Å². The number of benzene rings is 1. The van der Waals surface area contributed by atoms with Gasteiger partial charge in [0.2, 0.25) is 0 Å². The number of hydrogen-bond donors (Lipinski definition) is 3. The third-order valence-corrected chi connectivity index (χ3v) is 4.96. The standard InChI is InChI=1S/C19H20FN5O2/c20-14-4-2-13(3-5-14)18-15(10-21-24-18)19(27)23-16-8-12(9-17(16)26)11-25-7-1-6-22-25/h1-7,10,12,16-17,26H,8-9,11H2,(H,21,24)(H,23,27)/t12?,16-,17-/m1/s1. The second kappa shape index (κ2) is 7.32. The van der Waals surface area contributed by atoms with Crippen LogP contribution in [0.3, 0.4) is 0 Å². The molecule has 0 spiro atoms. The fraction of sp³-hybridized carbons (Fsp3) is 0.316. The van der Waals surface area contributed by atoms with E-state index in [0.717, 1.165) is 0 Å². The molecule has 0 saturated heterocycles. The lowest BCUT2D eigenvalue weighted by Gasteiger charge is -2.16. The molecule has 3 aromatic rings. The normalized spacial score (nSPS) is 22.1. The first kappa shape index (κ1) is 17.4. The molecule has 1 aliphatic carbocycles. The van der Waals surface area contributed by atoms with Gasteiger partial charge < -0.3 is 10.4 Å². The average Bonchev–Trinajstić information content (AvgIpc) is 3.38. The van der Waals surface area contributed by atoms with Crippen LogP contribution >= 0.6 is 0 Å². The van der Waals surface area contributed by atoms with Crippen LogP contribution in [0.1, 0.15) is 23.2 Å². The number of carbonyl (C=O) groups is 1. The Bertz CT molecular complexity index is 907. The average molecular weight is 369 g/mol. The van der Waals surface area contributed by atoms with Gasteiger partial charge in [-0.3, -0.25) is 14.6 Å². The van der Waals surface area contributed by atoms with Gasteiger partial charge in [-0.2, -0.15) is 10.2 Å². The van der Waals surface area contributed by atoms with Gasteiger partial charge >= 0.3 is 0 Å². The Morgan fingerprint density at radius 3 is 2.89 bits per heavy atom. The van der Waals surface area contributed by atoms with Crippen molar-refractivity contribution < 1.29 is 14.3 Å². The first-order valence-electron chi connectivity index (χ1n) is 8.86. The number of nitrogens with zero attached hydrogens (tertiary/aromatic N) is 3. The molecule has 7 nitrogen and oxygen atoms in total. The SMILES string of the molecule is O=C(N[C@@H]1CC(Cn2cccn2)C[C@H]1O)c1cn[nH]c1-c1ccc(F)cc1. The molecule has 1 saturated carbocycles. The molecule has 27 heavy (non-hydrogen) atoms. The molecular weight excluding hydrogens is 349 g/mol. The zero-order chi connectivity index (χ0) is 18.8. The van der Waals surface area contributed by atoms with E-state index < -0.39 is 6.10 Å². The highest BCUT2D eigenvalue weighted by molar-refractivity contribution is 5.99. The number of halogens is 1. The maximum absolute atomic E-state index is 13.1. The number of aliphatic hydroxyl groups excluding tert-OH is 1. The number of hydrogen-bond acceptors (Lipinski definition) is 4. The summed E-state index contributed by atoms with van der Waals surface area (Å²) >= 11 is 0. The Morgan fingerprint density at radius 2 is 2.15 bits per heavy atom. The van der Waals surface area contributed by atoms with E-state index in [1.54, 1.807) is 18.3 Å². The van der Waals surface area contributed by atoms with Crippen molar-refractivity contribution in [2.45, 2.75) is 31.5 Å². The molecule has 1 amide bonds. The molecular formula is C19H20FN5O2. The smallest absolute Gasteiger partial charge is 0.255 e. The van der Waals surface area contributed by atoms with Crippen LogP contribution in [0.25, 0.3) is 11.3 Å². The largest absolute Gasteiger partial charge is 0.391 e. The molecule has 3 N–H and O–H groups in total. The third kappa shape index (κ3) is 3.75. The van der Waals surface area contributed by atoms with Gasteiger partial charge in [-0.25, -0.2) is 4.39 Å². The van der Waals surface area contributed by atoms with E-state index in [9.17, 15) is 14.3 Å². The molecule has 2 heterocycles. The van der Waals surface area contributed by atoms with Crippen molar-refractivity contribution in [2.75, 3.05) is 0 Å². The zero-order valence-corrected chi connectivity index (χ0v) is 14.5. The Morgan fingerprint density at radius 1 is 1.33 bits per heavy atom. The van der Waals surface area contributed by atoms with Crippen LogP contribution in [0.15, 0.2) is 48.9 Å². The van der Waals surface area contributed by atoms with Crippen LogP contribution in [-0.4, -0.2) is 43.1 Å². The lowest BCUT2D eigenvalue weighted by atomic mass is 10.1. The number of aromatic nitrogens is 4. The van der Waals surface area contributed by atoms with Gasteiger partial charge in [0, 0.05) is 24.5 Å². The van der Waals surface area contributed by atoms with Crippen LogP contribution < -0.4 is 5.32 Å². The highest BCUT2D eigenvalue weighted by Gasteiger charge is 2.34. The van der Waals surface area contributed by atoms with E-state index in [-0.39, 0.29) is 23.7 Å². The van der Waals surface area contributed by atoms with Crippen molar-refractivity contribution in [2.24, 2.45) is 5.92 Å². The predicted octanol–water partition coefficient (Wildman–Crippen LogP) is 1.98. The molecule has 8 heteroatoms. The Balaban J connectivity index is 1.44. The number of nitrogens with one attached hydrogen (secondary N) is 2. The number of amides is 1. The Kier molecular flexibility index (Phi) is 4.72. The fourth-order valence-electron chi connectivity index (χ4n) is 3.64. The van der Waals surface area contributed by atoms with Gasteiger partial charge in [-0.1, -0.05) is 0 Å². The maximum atomic E-state index is 13.1. The van der Waals surface area contributed by atoms with Crippen molar-refractivity contribution in [3.63, 3.8) is 0 Å². The lowest BCUT2D eigenvalue weighted by Crippen LogP contribution is -2.40. The zero-order valence-electron chi connectivity index (χ0n) is 14.5. The molecule has 2 aromatic heterocycles. The number of carbonyl (C=O) groups excluding carboxylic acids is 1. The van der Waals surface area contributed by atoms with Crippen molar-refractivity contribution in [1.82, 2.24) is 25.3 Å². The Hall–Kier alpha value is -3.00. The van der Waals surface area contributed by atoms with Crippen LogP contribution in [0.2, 0.25) is 0 Å². The molecule has 1 fully saturated rings. The van der Waals surface area contributed by atoms with Crippen LogP contribution in [0.5, 0.6) is 0 Å². The number of aliphatic hydroxyl groups is 1. The molecule has 0 radical (unpaired) electrons. The first-order chi connectivity index (χ1) is 13.1. The van der Waals surface area contributed by atoms with E-state index in [0.29, 0.717) is 36.2 Å². The summed E-state index contributed by atoms with van der Waals surface area (Å²) in [5.41, 5.74) is 1.56. The molecule has 0 aliphatic heterocycles. The first-order valence-corrected chi connectivity index (χ1v) is 8.86. The van der Waals surface area contributed by atoms with Crippen molar-refractivity contribution >= 4 is 5.91 Å². The maximum Gasteiger partial charge on any atom is 0.255 e. The minimum absolute atomic E-state index is 0.242. The van der Waals surface area contributed by atoms with E-state index in [1.165, 1.54) is 18.3 Å². The third-order valence-electron chi connectivity index (χ3n) is 4.96. The second-order valence-electron chi connectivity index (χ2n) is 6.88. The summed E-state index contributed by atoms with van der Waals surface area (Å²) in [6, 6.07) is 7.38. The fourth-order valence-corrected chi connectivity index (χ4v) is 3.64. The number of rotatable bonds is 5. The van der Waals surface area contributed by atoms with Gasteiger partial charge in [0.25, 0.3) is 5.91 Å². The monoisotopic (exact) mass is 369 g/mol. The molecule has 140 valence electrons. The minimum Gasteiger partial charge on any atom is -0.391 e. The predicted molar refractivity (Wildman–Crippen MR) is 96.2 cm³/mol. The van der Waals surface area contributed by atoms with Gasteiger partial charge in [0.1, 0.15) is 5.82 Å². The van der Waals surface area contributed by atoms with Gasteiger partial charge in [-0.15, -0.1) is 0 Å². The summed E-state index contributed by atoms with van der Waals surface area (Å²) < 4.78 is 15.0. The topological polar surface area (TPSA) is 95.8 Å². The van der Waals surface area contributed by atoms with Crippen molar-refractivity contribution in [3.8, 4) is 11.3 Å². The van der Waals surface area contributed by atoms with Gasteiger partial charge in [0.05, 0.1) is 29.6 Å². The van der Waals surface area contributed by atoms with Crippen LogP contribution in [0.4, 0.5) is 4.39 Å². The number of aromatic amines is 1. The summed E-state index contributed by atoms with van der Waals surface area (Å²) in [6.07, 6.45) is 5.74. The second-order valence-corrected chi connectivity index (χ2v) is 6.88. The van der Waals surface area contributed by atoms with Gasteiger partial charge in [0.15, 0.2) is 0 Å². The summed E-state index contributed by atoms with van der Waals surface area (Å²) in [4.78, 5) is 12.7. The van der Waals surface area contributed by atoms with Crippen molar-refractivity contribution in [1.29, 1.82) is 0 Å². The molecule has 3 atom stereocenters. The van der Waals surface area contributed by atoms with E-state index >= 15 is 0 Å². The van der Waals surface area contributed by atoms with E-state index in [2.05, 4.69) is 20.6 Å². The highest BCUT2D eigenvalue weighted by atomic mass is 19.1. The van der Waals surface area contributed by atoms with Crippen molar-refractivity contribution in [3.05, 3.63) is 60.3 Å². The summed E-state index contributed by atoms with van der Waals surface area (Å²) in [5.74, 6) is -0.417. The summed E-state index contributed by atoms with van der Waals surface area (Å²) in [6.45, 7) is 0.711. The quantitative estimate of drug-likeness (QED) is 0.641. The van der Waals surface area contributed by atoms with Gasteiger partial charge in [-0.05, 0) is 49.1 Å². The minimum atomic E-state index is -0.601. The molecule has 4 rings (SSSR count). The van der Waals surface area contributed by atoms with Crippen LogP contribution in [0, 0.1) is 11.7 Å². The lowest BCUT2D eigenvalue weighted by molar-refractivity contribution is 0.0873. The molecule has 1 aromatic carbocycles. The molecule has 0 bridgehead atoms. The summed E-state index contributed by atoms with van der Waals surface area (Å²) in [5, 5.41) is 24.2. The number of H-pyrrole nitrogens is 1. The summed E-state index contributed by atoms with van der Waals surface area (Å²) in [7, 11) is 0. The Labute approximate surface area is 155 Å². The molecule has 1 aliphatic rings. The van der Waals surface area contributed by atoms with E-state index in [4.69, 9.17) is 0 Å². The highest BCUT2D eigenvalue weighted by Crippen LogP contribution is 2.28.